The summed E-state index contributed by atoms with van der Waals surface area (Å²) in [5.74, 6) is 0.303. The molecule has 5 nitrogen and oxygen atoms in total. The van der Waals surface area contributed by atoms with E-state index in [9.17, 15) is 10.1 Å². The third-order valence-corrected chi connectivity index (χ3v) is 4.09. The molecule has 0 aliphatic carbocycles. The molecule has 3 rings (SSSR count). The van der Waals surface area contributed by atoms with Crippen LogP contribution >= 0.6 is 0 Å². The van der Waals surface area contributed by atoms with Crippen LogP contribution in [0.1, 0.15) is 16.7 Å². The monoisotopic (exact) mass is 298 g/mol. The van der Waals surface area contributed by atoms with Gasteiger partial charge in [0.15, 0.2) is 5.75 Å². The summed E-state index contributed by atoms with van der Waals surface area (Å²) in [6, 6.07) is 11.6. The van der Waals surface area contributed by atoms with Gasteiger partial charge in [0.05, 0.1) is 12.0 Å². The van der Waals surface area contributed by atoms with Gasteiger partial charge in [0.2, 0.25) is 0 Å². The fourth-order valence-electron chi connectivity index (χ4n) is 3.00. The Bertz CT molecular complexity index is 728. The maximum atomic E-state index is 11.4. The number of anilines is 1. The average molecular weight is 298 g/mol. The van der Waals surface area contributed by atoms with Gasteiger partial charge in [-0.2, -0.15) is 0 Å². The summed E-state index contributed by atoms with van der Waals surface area (Å²) in [5.41, 5.74) is 4.48. The molecule has 0 amide bonds. The molecule has 0 fully saturated rings. The van der Waals surface area contributed by atoms with Crippen LogP contribution in [0.2, 0.25) is 0 Å². The van der Waals surface area contributed by atoms with Crippen molar-refractivity contribution in [2.75, 3.05) is 18.6 Å². The summed E-state index contributed by atoms with van der Waals surface area (Å²) in [6.07, 6.45) is 0.894. The van der Waals surface area contributed by atoms with Crippen LogP contribution in [0.3, 0.4) is 0 Å². The molecule has 5 heteroatoms. The van der Waals surface area contributed by atoms with Gasteiger partial charge in [-0.25, -0.2) is 0 Å². The predicted molar refractivity (Wildman–Crippen MR) is 85.6 cm³/mol. The SMILES string of the molecule is COc1cccc(N2CCc3cc(C)ccc3C2)c1[N+](=O)[O-]. The van der Waals surface area contributed by atoms with Crippen LogP contribution in [0.4, 0.5) is 11.4 Å². The van der Waals surface area contributed by atoms with Gasteiger partial charge in [-0.3, -0.25) is 10.1 Å². The van der Waals surface area contributed by atoms with E-state index >= 15 is 0 Å². The molecule has 0 unspecified atom stereocenters. The van der Waals surface area contributed by atoms with Crippen LogP contribution in [0.25, 0.3) is 0 Å². The topological polar surface area (TPSA) is 55.6 Å². The second kappa shape index (κ2) is 5.67. The summed E-state index contributed by atoms with van der Waals surface area (Å²) in [6.45, 7) is 3.54. The van der Waals surface area contributed by atoms with Crippen molar-refractivity contribution < 1.29 is 9.66 Å². The minimum atomic E-state index is -0.362. The molecule has 1 aliphatic heterocycles. The molecule has 1 heterocycles. The van der Waals surface area contributed by atoms with Crippen LogP contribution in [-0.4, -0.2) is 18.6 Å². The van der Waals surface area contributed by atoms with Gasteiger partial charge in [0.25, 0.3) is 0 Å². The molecule has 0 atom stereocenters. The van der Waals surface area contributed by atoms with Gasteiger partial charge in [-0.15, -0.1) is 0 Å². The number of hydrogen-bond donors (Lipinski definition) is 0. The third-order valence-electron chi connectivity index (χ3n) is 4.09. The number of nitro benzene ring substituents is 1. The first-order valence-corrected chi connectivity index (χ1v) is 7.25. The van der Waals surface area contributed by atoms with E-state index < -0.39 is 0 Å². The fraction of sp³-hybridized carbons (Fsp3) is 0.294. The molecule has 0 aromatic heterocycles. The highest BCUT2D eigenvalue weighted by atomic mass is 16.6. The van der Waals surface area contributed by atoms with Crippen molar-refractivity contribution in [3.63, 3.8) is 0 Å². The zero-order chi connectivity index (χ0) is 15.7. The van der Waals surface area contributed by atoms with Crippen LogP contribution < -0.4 is 9.64 Å². The Morgan fingerprint density at radius 3 is 2.77 bits per heavy atom. The maximum absolute atomic E-state index is 11.4. The van der Waals surface area contributed by atoms with E-state index in [1.807, 2.05) is 0 Å². The van der Waals surface area contributed by atoms with Crippen molar-refractivity contribution in [2.45, 2.75) is 19.9 Å². The van der Waals surface area contributed by atoms with Crippen LogP contribution in [0, 0.1) is 17.0 Å². The lowest BCUT2D eigenvalue weighted by Gasteiger charge is -2.30. The van der Waals surface area contributed by atoms with Crippen molar-refractivity contribution >= 4 is 11.4 Å². The Kier molecular flexibility index (Phi) is 3.71. The quantitative estimate of drug-likeness (QED) is 0.643. The van der Waals surface area contributed by atoms with E-state index in [4.69, 9.17) is 4.74 Å². The summed E-state index contributed by atoms with van der Waals surface area (Å²) < 4.78 is 5.15. The van der Waals surface area contributed by atoms with E-state index in [-0.39, 0.29) is 10.6 Å². The van der Waals surface area contributed by atoms with Crippen molar-refractivity contribution in [3.8, 4) is 5.75 Å². The molecule has 2 aromatic carbocycles. The normalized spacial score (nSPS) is 13.6. The Morgan fingerprint density at radius 1 is 1.23 bits per heavy atom. The van der Waals surface area contributed by atoms with E-state index in [0.717, 1.165) is 13.0 Å². The molecule has 22 heavy (non-hydrogen) atoms. The number of hydrogen-bond acceptors (Lipinski definition) is 4. The lowest BCUT2D eigenvalue weighted by Crippen LogP contribution is -2.30. The van der Waals surface area contributed by atoms with E-state index in [0.29, 0.717) is 18.0 Å². The minimum absolute atomic E-state index is 0.0422. The second-order valence-corrected chi connectivity index (χ2v) is 5.53. The van der Waals surface area contributed by atoms with Crippen LogP contribution in [-0.2, 0) is 13.0 Å². The van der Waals surface area contributed by atoms with Crippen molar-refractivity contribution in [2.24, 2.45) is 0 Å². The zero-order valence-corrected chi connectivity index (χ0v) is 12.7. The van der Waals surface area contributed by atoms with E-state index in [1.165, 1.54) is 23.8 Å². The molecular weight excluding hydrogens is 280 g/mol. The maximum Gasteiger partial charge on any atom is 0.333 e. The number of nitrogens with zero attached hydrogens (tertiary/aromatic N) is 2. The van der Waals surface area contributed by atoms with Gasteiger partial charge >= 0.3 is 5.69 Å². The highest BCUT2D eigenvalue weighted by Crippen LogP contribution is 2.38. The number of rotatable bonds is 3. The predicted octanol–water partition coefficient (Wildman–Crippen LogP) is 3.47. The highest BCUT2D eigenvalue weighted by molar-refractivity contribution is 5.70. The van der Waals surface area contributed by atoms with Crippen molar-refractivity contribution in [1.29, 1.82) is 0 Å². The fourth-order valence-corrected chi connectivity index (χ4v) is 3.00. The second-order valence-electron chi connectivity index (χ2n) is 5.53. The molecule has 0 radical (unpaired) electrons. The molecule has 0 saturated heterocycles. The smallest absolute Gasteiger partial charge is 0.333 e. The molecule has 0 bridgehead atoms. The summed E-state index contributed by atoms with van der Waals surface area (Å²) >= 11 is 0. The first-order valence-electron chi connectivity index (χ1n) is 7.25. The molecule has 114 valence electrons. The Hall–Kier alpha value is -2.56. The number of benzene rings is 2. The van der Waals surface area contributed by atoms with E-state index in [2.05, 4.69) is 30.0 Å². The number of aryl methyl sites for hydroxylation is 1. The minimum Gasteiger partial charge on any atom is -0.490 e. The number of nitro groups is 1. The number of fused-ring (bicyclic) bond motifs is 1. The summed E-state index contributed by atoms with van der Waals surface area (Å²) in [4.78, 5) is 13.1. The molecule has 0 spiro atoms. The van der Waals surface area contributed by atoms with Crippen LogP contribution in [0.5, 0.6) is 5.75 Å². The lowest BCUT2D eigenvalue weighted by molar-refractivity contribution is -0.385. The largest absolute Gasteiger partial charge is 0.490 e. The average Bonchev–Trinajstić information content (AvgIpc) is 2.53. The van der Waals surface area contributed by atoms with Gasteiger partial charge in [-0.05, 0) is 36.6 Å². The molecule has 0 N–H and O–H groups in total. The van der Waals surface area contributed by atoms with Crippen molar-refractivity contribution in [1.82, 2.24) is 0 Å². The standard InChI is InChI=1S/C17H18N2O3/c1-12-6-7-14-11-18(9-8-13(14)10-12)15-4-3-5-16(22-2)17(15)19(20)21/h3-7,10H,8-9,11H2,1-2H3. The first kappa shape index (κ1) is 14.4. The lowest BCUT2D eigenvalue weighted by atomic mass is 9.97. The molecule has 0 saturated carbocycles. The van der Waals surface area contributed by atoms with Gasteiger partial charge in [0, 0.05) is 13.1 Å². The number of para-hydroxylation sites is 1. The van der Waals surface area contributed by atoms with Crippen LogP contribution in [0.15, 0.2) is 36.4 Å². The van der Waals surface area contributed by atoms with Gasteiger partial charge in [0.1, 0.15) is 5.69 Å². The van der Waals surface area contributed by atoms with E-state index in [1.54, 1.807) is 18.2 Å². The summed E-state index contributed by atoms with van der Waals surface area (Å²) in [7, 11) is 1.46. The number of ether oxygens (including phenoxy) is 1. The van der Waals surface area contributed by atoms with Gasteiger partial charge < -0.3 is 9.64 Å². The van der Waals surface area contributed by atoms with Gasteiger partial charge in [-0.1, -0.05) is 29.8 Å². The molecule has 2 aromatic rings. The van der Waals surface area contributed by atoms with Crippen molar-refractivity contribution in [3.05, 3.63) is 63.2 Å². The third kappa shape index (κ3) is 2.50. The first-order chi connectivity index (χ1) is 10.6. The Labute approximate surface area is 129 Å². The number of methoxy groups -OCH3 is 1. The molecule has 1 aliphatic rings. The Morgan fingerprint density at radius 2 is 2.05 bits per heavy atom. The highest BCUT2D eigenvalue weighted by Gasteiger charge is 2.26. The Balaban J connectivity index is 1.99. The zero-order valence-electron chi connectivity index (χ0n) is 12.7. The summed E-state index contributed by atoms with van der Waals surface area (Å²) in [5, 5.41) is 11.4. The molecular formula is C17H18N2O3.